The fourth-order valence-electron chi connectivity index (χ4n) is 3.26. The fourth-order valence-corrected chi connectivity index (χ4v) is 3.26. The van der Waals surface area contributed by atoms with Crippen molar-refractivity contribution in [1.82, 2.24) is 20.0 Å². The Kier molecular flexibility index (Phi) is 4.09. The highest BCUT2D eigenvalue weighted by Crippen LogP contribution is 2.28. The van der Waals surface area contributed by atoms with E-state index in [-0.39, 0.29) is 0 Å². The molecule has 0 bridgehead atoms. The number of likely N-dealkylation sites (tertiary alicyclic amines) is 1. The van der Waals surface area contributed by atoms with Gasteiger partial charge in [-0.15, -0.1) is 0 Å². The summed E-state index contributed by atoms with van der Waals surface area (Å²) in [6.07, 6.45) is 4.55. The maximum absolute atomic E-state index is 5.51. The molecule has 2 aromatic heterocycles. The van der Waals surface area contributed by atoms with Gasteiger partial charge >= 0.3 is 0 Å². The first kappa shape index (κ1) is 15.0. The van der Waals surface area contributed by atoms with Gasteiger partial charge in [-0.3, -0.25) is 9.88 Å². The Morgan fingerprint density at radius 2 is 2.21 bits per heavy atom. The molecule has 0 aliphatic carbocycles. The molecule has 1 fully saturated rings. The predicted molar refractivity (Wildman–Crippen MR) is 91.3 cm³/mol. The van der Waals surface area contributed by atoms with Crippen molar-refractivity contribution in [3.8, 4) is 11.4 Å². The topological polar surface area (TPSA) is 55.1 Å². The van der Waals surface area contributed by atoms with E-state index in [0.717, 1.165) is 37.5 Å². The molecule has 0 unspecified atom stereocenters. The molecule has 0 amide bonds. The molecule has 5 heteroatoms. The van der Waals surface area contributed by atoms with Crippen molar-refractivity contribution in [1.29, 1.82) is 0 Å². The van der Waals surface area contributed by atoms with Gasteiger partial charge in [-0.05, 0) is 37.6 Å². The second kappa shape index (κ2) is 6.53. The molecule has 3 heterocycles. The van der Waals surface area contributed by atoms with Gasteiger partial charge in [0.05, 0.1) is 5.92 Å². The highest BCUT2D eigenvalue weighted by atomic mass is 16.5. The molecule has 1 aliphatic rings. The van der Waals surface area contributed by atoms with Gasteiger partial charge in [0, 0.05) is 31.0 Å². The minimum absolute atomic E-state index is 0.313. The van der Waals surface area contributed by atoms with Crippen molar-refractivity contribution in [2.45, 2.75) is 25.8 Å². The molecule has 1 aromatic carbocycles. The van der Waals surface area contributed by atoms with E-state index in [4.69, 9.17) is 4.52 Å². The molecule has 1 atom stereocenters. The molecule has 1 aliphatic heterocycles. The lowest BCUT2D eigenvalue weighted by molar-refractivity contribution is 0.309. The van der Waals surface area contributed by atoms with Crippen LogP contribution >= 0.6 is 0 Å². The third-order valence-corrected chi connectivity index (χ3v) is 4.47. The van der Waals surface area contributed by atoms with Crippen LogP contribution < -0.4 is 0 Å². The summed E-state index contributed by atoms with van der Waals surface area (Å²) >= 11 is 0. The molecule has 122 valence electrons. The minimum Gasteiger partial charge on any atom is -0.339 e. The van der Waals surface area contributed by atoms with Crippen LogP contribution in [0.25, 0.3) is 11.4 Å². The lowest BCUT2D eigenvalue weighted by Crippen LogP contribution is -2.19. The Labute approximate surface area is 141 Å². The van der Waals surface area contributed by atoms with Crippen molar-refractivity contribution >= 4 is 0 Å². The summed E-state index contributed by atoms with van der Waals surface area (Å²) in [4.78, 5) is 11.1. The van der Waals surface area contributed by atoms with Crippen molar-refractivity contribution in [3.05, 3.63) is 65.8 Å². The Morgan fingerprint density at radius 3 is 3.04 bits per heavy atom. The lowest BCUT2D eigenvalue weighted by Gasteiger charge is -2.15. The monoisotopic (exact) mass is 320 g/mol. The SMILES string of the molecule is Cc1cccc(CN2CC[C@H](c3nc(-c4cccnc4)no3)C2)c1. The Balaban J connectivity index is 1.43. The van der Waals surface area contributed by atoms with Gasteiger partial charge in [0.2, 0.25) is 11.7 Å². The molecule has 4 rings (SSSR count). The van der Waals surface area contributed by atoms with Crippen LogP contribution in [0.15, 0.2) is 53.3 Å². The zero-order valence-corrected chi connectivity index (χ0v) is 13.7. The summed E-state index contributed by atoms with van der Waals surface area (Å²) in [7, 11) is 0. The van der Waals surface area contributed by atoms with E-state index in [2.05, 4.69) is 51.2 Å². The first-order chi connectivity index (χ1) is 11.8. The third kappa shape index (κ3) is 3.21. The first-order valence-corrected chi connectivity index (χ1v) is 8.30. The molecule has 0 N–H and O–H groups in total. The van der Waals surface area contributed by atoms with Gasteiger partial charge in [0.25, 0.3) is 0 Å². The van der Waals surface area contributed by atoms with Crippen molar-refractivity contribution < 1.29 is 4.52 Å². The van der Waals surface area contributed by atoms with Crippen LogP contribution in [-0.2, 0) is 6.54 Å². The van der Waals surface area contributed by atoms with E-state index in [1.165, 1.54) is 11.1 Å². The van der Waals surface area contributed by atoms with Crippen LogP contribution in [0, 0.1) is 6.92 Å². The maximum Gasteiger partial charge on any atom is 0.231 e. The number of aromatic nitrogens is 3. The van der Waals surface area contributed by atoms with Gasteiger partial charge in [-0.1, -0.05) is 35.0 Å². The number of nitrogens with zero attached hydrogens (tertiary/aromatic N) is 4. The quantitative estimate of drug-likeness (QED) is 0.737. The number of benzene rings is 1. The van der Waals surface area contributed by atoms with Gasteiger partial charge < -0.3 is 4.52 Å². The van der Waals surface area contributed by atoms with Crippen LogP contribution in [0.3, 0.4) is 0 Å². The van der Waals surface area contributed by atoms with Crippen LogP contribution in [0.1, 0.15) is 29.4 Å². The summed E-state index contributed by atoms with van der Waals surface area (Å²) in [6.45, 7) is 5.13. The van der Waals surface area contributed by atoms with Crippen molar-refractivity contribution in [2.75, 3.05) is 13.1 Å². The highest BCUT2D eigenvalue weighted by Gasteiger charge is 2.28. The van der Waals surface area contributed by atoms with E-state index in [9.17, 15) is 0 Å². The number of rotatable bonds is 4. The first-order valence-electron chi connectivity index (χ1n) is 8.30. The fraction of sp³-hybridized carbons (Fsp3) is 0.316. The number of hydrogen-bond donors (Lipinski definition) is 0. The Bertz CT molecular complexity index is 815. The van der Waals surface area contributed by atoms with E-state index in [0.29, 0.717) is 11.7 Å². The molecular formula is C19H20N4O. The normalized spacial score (nSPS) is 18.1. The van der Waals surface area contributed by atoms with Crippen LogP contribution in [0.4, 0.5) is 0 Å². The average molecular weight is 320 g/mol. The molecule has 24 heavy (non-hydrogen) atoms. The molecular weight excluding hydrogens is 300 g/mol. The predicted octanol–water partition coefficient (Wildman–Crippen LogP) is 3.43. The second-order valence-corrected chi connectivity index (χ2v) is 6.41. The van der Waals surface area contributed by atoms with E-state index in [1.54, 1.807) is 12.4 Å². The number of pyridine rings is 1. The summed E-state index contributed by atoms with van der Waals surface area (Å²) in [6, 6.07) is 12.5. The second-order valence-electron chi connectivity index (χ2n) is 6.41. The lowest BCUT2D eigenvalue weighted by atomic mass is 10.1. The number of hydrogen-bond acceptors (Lipinski definition) is 5. The zero-order chi connectivity index (χ0) is 16.4. The molecule has 1 saturated heterocycles. The van der Waals surface area contributed by atoms with Gasteiger partial charge in [-0.2, -0.15) is 4.98 Å². The van der Waals surface area contributed by atoms with E-state index in [1.807, 2.05) is 12.1 Å². The van der Waals surface area contributed by atoms with Gasteiger partial charge in [0.1, 0.15) is 0 Å². The van der Waals surface area contributed by atoms with Crippen LogP contribution in [0.5, 0.6) is 0 Å². The molecule has 0 radical (unpaired) electrons. The Hall–Kier alpha value is -2.53. The molecule has 0 saturated carbocycles. The van der Waals surface area contributed by atoms with E-state index >= 15 is 0 Å². The third-order valence-electron chi connectivity index (χ3n) is 4.47. The van der Waals surface area contributed by atoms with E-state index < -0.39 is 0 Å². The van der Waals surface area contributed by atoms with Crippen molar-refractivity contribution in [3.63, 3.8) is 0 Å². The average Bonchev–Trinajstić information content (AvgIpc) is 3.25. The van der Waals surface area contributed by atoms with Gasteiger partial charge in [0.15, 0.2) is 0 Å². The molecule has 3 aromatic rings. The summed E-state index contributed by atoms with van der Waals surface area (Å²) in [5, 5.41) is 4.11. The summed E-state index contributed by atoms with van der Waals surface area (Å²) in [5.41, 5.74) is 3.56. The maximum atomic E-state index is 5.51. The van der Waals surface area contributed by atoms with Crippen molar-refractivity contribution in [2.24, 2.45) is 0 Å². The summed E-state index contributed by atoms with van der Waals surface area (Å²) in [5.74, 6) is 1.67. The van der Waals surface area contributed by atoms with Crippen LogP contribution in [0.2, 0.25) is 0 Å². The summed E-state index contributed by atoms with van der Waals surface area (Å²) < 4.78 is 5.51. The number of aryl methyl sites for hydroxylation is 1. The molecule has 0 spiro atoms. The van der Waals surface area contributed by atoms with Crippen LogP contribution in [-0.4, -0.2) is 33.1 Å². The van der Waals surface area contributed by atoms with Gasteiger partial charge in [-0.25, -0.2) is 0 Å². The minimum atomic E-state index is 0.313. The zero-order valence-electron chi connectivity index (χ0n) is 13.7. The Morgan fingerprint density at radius 1 is 1.25 bits per heavy atom. The smallest absolute Gasteiger partial charge is 0.231 e. The largest absolute Gasteiger partial charge is 0.339 e. The highest BCUT2D eigenvalue weighted by molar-refractivity contribution is 5.51. The molecule has 5 nitrogen and oxygen atoms in total. The standard InChI is InChI=1S/C19H20N4O/c1-14-4-2-5-15(10-14)12-23-9-7-17(13-23)19-21-18(22-24-19)16-6-3-8-20-11-16/h2-6,8,10-11,17H,7,9,12-13H2,1H3/t17-/m0/s1.